The van der Waals surface area contributed by atoms with Crippen molar-refractivity contribution in [3.05, 3.63) is 11.6 Å². The van der Waals surface area contributed by atoms with Gasteiger partial charge in [-0.25, -0.2) is 0 Å². The fourth-order valence-electron chi connectivity index (χ4n) is 6.56. The Hall–Kier alpha value is -1.12. The van der Waals surface area contributed by atoms with Crippen LogP contribution in [0.3, 0.4) is 0 Å². The van der Waals surface area contributed by atoms with E-state index in [-0.39, 0.29) is 29.1 Å². The van der Waals surface area contributed by atoms with Gasteiger partial charge in [0.15, 0.2) is 0 Å². The Balaban J connectivity index is 1.68. The fraction of sp³-hybridized carbons (Fsp3) is 0.750. The second-order valence-corrected chi connectivity index (χ2v) is 7.27. The lowest BCUT2D eigenvalue weighted by Gasteiger charge is -2.39. The highest BCUT2D eigenvalue weighted by atomic mass is 16.2. The highest BCUT2D eigenvalue weighted by Crippen LogP contribution is 2.76. The zero-order chi connectivity index (χ0) is 12.9. The van der Waals surface area contributed by atoms with E-state index in [9.17, 15) is 9.59 Å². The van der Waals surface area contributed by atoms with Gasteiger partial charge in [-0.3, -0.25) is 14.5 Å². The molecule has 6 unspecified atom stereocenters. The number of fused-ring (bicyclic) bond motifs is 5. The second kappa shape index (κ2) is 2.97. The minimum absolute atomic E-state index is 0.0372. The normalized spacial score (nSPS) is 53.0. The van der Waals surface area contributed by atoms with Crippen LogP contribution in [0.4, 0.5) is 0 Å². The smallest absolute Gasteiger partial charge is 0.233 e. The summed E-state index contributed by atoms with van der Waals surface area (Å²) in [5, 5.41) is 0. The number of hydrogen-bond donors (Lipinski definition) is 0. The summed E-state index contributed by atoms with van der Waals surface area (Å²) >= 11 is 0. The van der Waals surface area contributed by atoms with Gasteiger partial charge in [-0.1, -0.05) is 11.6 Å². The van der Waals surface area contributed by atoms with Crippen molar-refractivity contribution < 1.29 is 9.59 Å². The van der Waals surface area contributed by atoms with Crippen molar-refractivity contribution in [1.82, 2.24) is 4.90 Å². The quantitative estimate of drug-likeness (QED) is 0.532. The molecule has 0 N–H and O–H groups in total. The van der Waals surface area contributed by atoms with Crippen molar-refractivity contribution in [3.8, 4) is 0 Å². The molecule has 1 spiro atoms. The SMILES string of the molecule is CCN1C(=O)C2C3CC4(CC5=CCC3C4C5)C2C1=O. The Kier molecular flexibility index (Phi) is 1.66. The van der Waals surface area contributed by atoms with E-state index in [1.807, 2.05) is 6.92 Å². The number of likely N-dealkylation sites (tertiary alicyclic amines) is 1. The number of carbonyl (C=O) groups excluding carboxylic acids is 2. The number of hydrogen-bond acceptors (Lipinski definition) is 2. The average Bonchev–Trinajstić information content (AvgIpc) is 3.03. The van der Waals surface area contributed by atoms with Gasteiger partial charge in [-0.2, -0.15) is 0 Å². The molecule has 4 bridgehead atoms. The molecule has 0 aromatic rings. The van der Waals surface area contributed by atoms with E-state index in [0.717, 1.165) is 12.8 Å². The van der Waals surface area contributed by atoms with Crippen LogP contribution in [-0.4, -0.2) is 23.3 Å². The minimum Gasteiger partial charge on any atom is -0.282 e. The molecule has 5 rings (SSSR count). The van der Waals surface area contributed by atoms with Gasteiger partial charge in [-0.05, 0) is 55.8 Å². The third-order valence-electron chi connectivity index (χ3n) is 6.98. The third-order valence-corrected chi connectivity index (χ3v) is 6.98. The summed E-state index contributed by atoms with van der Waals surface area (Å²) in [7, 11) is 0. The highest BCUT2D eigenvalue weighted by molar-refractivity contribution is 6.06. The second-order valence-electron chi connectivity index (χ2n) is 7.27. The summed E-state index contributed by atoms with van der Waals surface area (Å²) in [6.45, 7) is 2.49. The van der Waals surface area contributed by atoms with Crippen molar-refractivity contribution in [1.29, 1.82) is 0 Å². The average molecular weight is 257 g/mol. The van der Waals surface area contributed by atoms with Crippen molar-refractivity contribution in [2.75, 3.05) is 6.54 Å². The molecule has 3 saturated carbocycles. The number of carbonyl (C=O) groups is 2. The molecule has 1 heterocycles. The lowest BCUT2D eigenvalue weighted by molar-refractivity contribution is -0.141. The van der Waals surface area contributed by atoms with Crippen LogP contribution in [0.15, 0.2) is 11.6 Å². The molecular formula is C16H19NO2. The number of rotatable bonds is 1. The minimum atomic E-state index is 0.0372. The Labute approximate surface area is 113 Å². The molecule has 1 saturated heterocycles. The van der Waals surface area contributed by atoms with Gasteiger partial charge in [0.1, 0.15) is 0 Å². The monoisotopic (exact) mass is 257 g/mol. The number of amides is 2. The van der Waals surface area contributed by atoms with Gasteiger partial charge in [0, 0.05) is 6.54 Å². The van der Waals surface area contributed by atoms with Crippen LogP contribution in [0.2, 0.25) is 0 Å². The van der Waals surface area contributed by atoms with Crippen LogP contribution < -0.4 is 0 Å². The molecular weight excluding hydrogens is 238 g/mol. The zero-order valence-electron chi connectivity index (χ0n) is 11.3. The van der Waals surface area contributed by atoms with E-state index in [4.69, 9.17) is 0 Å². The number of allylic oxidation sites excluding steroid dienone is 2. The van der Waals surface area contributed by atoms with Gasteiger partial charge in [0.2, 0.25) is 11.8 Å². The first kappa shape index (κ1) is 10.6. The first-order valence-electron chi connectivity index (χ1n) is 7.70. The maximum atomic E-state index is 12.7. The molecule has 4 aliphatic carbocycles. The predicted molar refractivity (Wildman–Crippen MR) is 68.8 cm³/mol. The molecule has 3 heteroatoms. The Bertz CT molecular complexity index is 551. The summed E-state index contributed by atoms with van der Waals surface area (Å²) in [5.41, 5.74) is 1.76. The topological polar surface area (TPSA) is 37.4 Å². The predicted octanol–water partition coefficient (Wildman–Crippen LogP) is 1.98. The third kappa shape index (κ3) is 0.916. The molecule has 0 aromatic carbocycles. The van der Waals surface area contributed by atoms with E-state index < -0.39 is 0 Å². The van der Waals surface area contributed by atoms with Crippen LogP contribution in [0, 0.1) is 35.0 Å². The lowest BCUT2D eigenvalue weighted by atomic mass is 9.62. The molecule has 0 aromatic heterocycles. The number of nitrogens with zero attached hydrogens (tertiary/aromatic N) is 1. The van der Waals surface area contributed by atoms with Crippen LogP contribution in [-0.2, 0) is 9.59 Å². The van der Waals surface area contributed by atoms with Crippen LogP contribution in [0.25, 0.3) is 0 Å². The summed E-state index contributed by atoms with van der Waals surface area (Å²) in [4.78, 5) is 26.8. The summed E-state index contributed by atoms with van der Waals surface area (Å²) in [6.07, 6.45) is 7.08. The Morgan fingerprint density at radius 3 is 2.95 bits per heavy atom. The van der Waals surface area contributed by atoms with Crippen molar-refractivity contribution in [2.24, 2.45) is 35.0 Å². The molecule has 19 heavy (non-hydrogen) atoms. The Morgan fingerprint density at radius 1 is 1.32 bits per heavy atom. The highest BCUT2D eigenvalue weighted by Gasteiger charge is 2.75. The molecule has 5 aliphatic rings. The van der Waals surface area contributed by atoms with Crippen molar-refractivity contribution >= 4 is 11.8 Å². The molecule has 3 nitrogen and oxygen atoms in total. The number of imide groups is 1. The maximum absolute atomic E-state index is 12.7. The summed E-state index contributed by atoms with van der Waals surface area (Å²) < 4.78 is 0. The molecule has 0 radical (unpaired) electrons. The van der Waals surface area contributed by atoms with E-state index in [0.29, 0.717) is 24.3 Å². The van der Waals surface area contributed by atoms with Gasteiger partial charge in [0.05, 0.1) is 11.8 Å². The fourth-order valence-corrected chi connectivity index (χ4v) is 6.56. The van der Waals surface area contributed by atoms with Gasteiger partial charge in [-0.15, -0.1) is 0 Å². The first-order valence-corrected chi connectivity index (χ1v) is 7.70. The lowest BCUT2D eigenvalue weighted by Crippen LogP contribution is -2.41. The first-order chi connectivity index (χ1) is 9.17. The van der Waals surface area contributed by atoms with Crippen molar-refractivity contribution in [2.45, 2.75) is 32.6 Å². The summed E-state index contributed by atoms with van der Waals surface area (Å²) in [6, 6.07) is 0. The van der Waals surface area contributed by atoms with Crippen LogP contribution in [0.1, 0.15) is 32.6 Å². The van der Waals surface area contributed by atoms with E-state index in [1.54, 1.807) is 10.5 Å². The molecule has 4 fully saturated rings. The molecule has 100 valence electrons. The summed E-state index contributed by atoms with van der Waals surface area (Å²) in [5.74, 6) is 2.30. The zero-order valence-corrected chi connectivity index (χ0v) is 11.3. The standard InChI is InChI=1S/C16H19NO2/c1-2-17-14(18)12-10-7-16(13(12)15(17)19)6-8-3-4-9(10)11(16)5-8/h3,9-13H,2,4-7H2,1H3. The Morgan fingerprint density at radius 2 is 2.16 bits per heavy atom. The van der Waals surface area contributed by atoms with E-state index in [1.165, 1.54) is 12.8 Å². The molecule has 1 aliphatic heterocycles. The van der Waals surface area contributed by atoms with Crippen LogP contribution >= 0.6 is 0 Å². The molecule has 6 atom stereocenters. The van der Waals surface area contributed by atoms with Crippen LogP contribution in [0.5, 0.6) is 0 Å². The van der Waals surface area contributed by atoms with Crippen molar-refractivity contribution in [3.63, 3.8) is 0 Å². The maximum Gasteiger partial charge on any atom is 0.233 e. The van der Waals surface area contributed by atoms with Gasteiger partial charge < -0.3 is 0 Å². The van der Waals surface area contributed by atoms with Gasteiger partial charge >= 0.3 is 0 Å². The van der Waals surface area contributed by atoms with E-state index in [2.05, 4.69) is 6.08 Å². The van der Waals surface area contributed by atoms with Gasteiger partial charge in [0.25, 0.3) is 0 Å². The largest absolute Gasteiger partial charge is 0.282 e. The molecule has 2 amide bonds. The van der Waals surface area contributed by atoms with E-state index >= 15 is 0 Å².